The molecule has 2 atom stereocenters. The highest BCUT2D eigenvalue weighted by atomic mass is 15.3. The smallest absolute Gasteiger partial charge is 0.252 e. The topological polar surface area (TPSA) is 9.72 Å². The average molecular weight is 1060 g/mol. The van der Waals surface area contributed by atoms with Gasteiger partial charge in [0, 0.05) is 50.8 Å². The van der Waals surface area contributed by atoms with Crippen LogP contribution in [0.1, 0.15) is 181 Å². The Morgan fingerprint density at radius 2 is 0.988 bits per heavy atom. The van der Waals surface area contributed by atoms with Gasteiger partial charge in [0.15, 0.2) is 0 Å². The summed E-state index contributed by atoms with van der Waals surface area (Å²) in [6.07, 6.45) is 6.99. The molecule has 2 unspecified atom stereocenters. The van der Waals surface area contributed by atoms with Gasteiger partial charge in [0.2, 0.25) is 0 Å². The van der Waals surface area contributed by atoms with Gasteiger partial charge in [-0.3, -0.25) is 0 Å². The van der Waals surface area contributed by atoms with Crippen molar-refractivity contribution in [3.63, 3.8) is 0 Å². The van der Waals surface area contributed by atoms with Crippen LogP contribution < -0.4 is 31.1 Å². The van der Waals surface area contributed by atoms with Gasteiger partial charge < -0.3 is 14.7 Å². The van der Waals surface area contributed by atoms with E-state index in [1.165, 1.54) is 136 Å². The molecule has 1 saturated carbocycles. The first-order valence-electron chi connectivity index (χ1n) is 30.6. The van der Waals surface area contributed by atoms with E-state index >= 15 is 0 Å². The van der Waals surface area contributed by atoms with E-state index in [-0.39, 0.29) is 44.7 Å². The van der Waals surface area contributed by atoms with E-state index in [1.807, 2.05) is 0 Å². The average Bonchev–Trinajstić information content (AvgIpc) is 3.83. The van der Waals surface area contributed by atoms with Crippen LogP contribution in [0.25, 0.3) is 22.3 Å². The Bertz CT molecular complexity index is 3860. The van der Waals surface area contributed by atoms with Crippen LogP contribution in [0, 0.1) is 6.92 Å². The number of nitrogens with zero attached hydrogens (tertiary/aromatic N) is 3. The van der Waals surface area contributed by atoms with Gasteiger partial charge in [-0.25, -0.2) is 0 Å². The molecule has 0 aromatic heterocycles. The van der Waals surface area contributed by atoms with E-state index in [2.05, 4.69) is 283 Å². The third-order valence-electron chi connectivity index (χ3n) is 20.9. The number of fused-ring (bicyclic) bond motifs is 8. The van der Waals surface area contributed by atoms with Crippen LogP contribution in [0.3, 0.4) is 0 Å². The van der Waals surface area contributed by atoms with Gasteiger partial charge in [-0.1, -0.05) is 207 Å². The van der Waals surface area contributed by atoms with Crippen molar-refractivity contribution in [2.75, 3.05) is 14.7 Å². The van der Waals surface area contributed by atoms with E-state index in [9.17, 15) is 0 Å². The molecule has 3 nitrogen and oxygen atoms in total. The van der Waals surface area contributed by atoms with E-state index in [0.717, 1.165) is 25.7 Å². The molecule has 8 aromatic rings. The lowest BCUT2D eigenvalue weighted by Gasteiger charge is -2.51. The number of hydrogen-bond acceptors (Lipinski definition) is 3. The van der Waals surface area contributed by atoms with Crippen molar-refractivity contribution in [2.45, 2.75) is 187 Å². The van der Waals surface area contributed by atoms with Gasteiger partial charge in [-0.2, -0.15) is 0 Å². The predicted molar refractivity (Wildman–Crippen MR) is 350 cm³/mol. The van der Waals surface area contributed by atoms with Crippen molar-refractivity contribution in [3.8, 4) is 22.3 Å². The van der Waals surface area contributed by atoms with Crippen LogP contribution in [0.5, 0.6) is 0 Å². The maximum atomic E-state index is 2.85. The molecule has 13 rings (SSSR count). The van der Waals surface area contributed by atoms with Crippen LogP contribution in [0.15, 0.2) is 158 Å². The first-order valence-corrected chi connectivity index (χ1v) is 30.6. The lowest BCUT2D eigenvalue weighted by molar-refractivity contribution is 0.195. The van der Waals surface area contributed by atoms with Crippen molar-refractivity contribution in [2.24, 2.45) is 0 Å². The van der Waals surface area contributed by atoms with Gasteiger partial charge in [-0.15, -0.1) is 0 Å². The van der Waals surface area contributed by atoms with E-state index < -0.39 is 0 Å². The zero-order chi connectivity index (χ0) is 57.1. The van der Waals surface area contributed by atoms with Gasteiger partial charge in [0.05, 0.1) is 11.2 Å². The Hall–Kier alpha value is -6.78. The zero-order valence-electron chi connectivity index (χ0n) is 51.7. The van der Waals surface area contributed by atoms with Crippen molar-refractivity contribution < 1.29 is 0 Å². The normalized spacial score (nSPS) is 20.5. The molecule has 3 aliphatic heterocycles. The Balaban J connectivity index is 1.20. The highest BCUT2D eigenvalue weighted by Gasteiger charge is 2.58. The fourth-order valence-electron chi connectivity index (χ4n) is 15.5. The molecule has 8 aromatic carbocycles. The highest BCUT2D eigenvalue weighted by molar-refractivity contribution is 7.00. The standard InChI is InChI=1S/C77H86BN3/c1-49-25-20-21-30-57(49)51-31-35-65-61(41-51)76(15)37-22-23-38-77(76,16)81(65)56-45-68-70-69(46-56)80(64-36-33-53(72(5,6)7)43-58(64)50-26-18-17-19-27-50)67-48-60-59(74(11,12)39-40-75(60,13)14)47-63(67)78(70)62-34-32-54(73(8,9)10)44-66(62)79(68)55-29-24-28-52(42-55)71(2,3)4/h17-21,24-36,41-48H,22-23,37-40H2,1-16H3. The first kappa shape index (κ1) is 53.5. The van der Waals surface area contributed by atoms with Crippen LogP contribution in [0.2, 0.25) is 0 Å². The summed E-state index contributed by atoms with van der Waals surface area (Å²) in [5, 5.41) is 0. The summed E-state index contributed by atoms with van der Waals surface area (Å²) in [5.41, 5.74) is 28.7. The summed E-state index contributed by atoms with van der Waals surface area (Å²) in [5.74, 6) is 0. The van der Waals surface area contributed by atoms with Gasteiger partial charge in [-0.05, 0) is 199 Å². The second-order valence-electron chi connectivity index (χ2n) is 30.1. The fourth-order valence-corrected chi connectivity index (χ4v) is 15.5. The quantitative estimate of drug-likeness (QED) is 0.159. The van der Waals surface area contributed by atoms with Gasteiger partial charge >= 0.3 is 0 Å². The minimum absolute atomic E-state index is 0.00538. The van der Waals surface area contributed by atoms with E-state index in [0.29, 0.717) is 0 Å². The number of hydrogen-bond donors (Lipinski definition) is 0. The number of aryl methyl sites for hydroxylation is 1. The molecule has 0 bridgehead atoms. The molecule has 1 fully saturated rings. The van der Waals surface area contributed by atoms with Crippen molar-refractivity contribution >= 4 is 68.6 Å². The molecule has 0 spiro atoms. The Kier molecular flexibility index (Phi) is 12.0. The third kappa shape index (κ3) is 8.25. The molecule has 412 valence electrons. The zero-order valence-corrected chi connectivity index (χ0v) is 51.7. The summed E-state index contributed by atoms with van der Waals surface area (Å²) >= 11 is 0. The lowest BCUT2D eigenvalue weighted by Crippen LogP contribution is -2.62. The molecule has 0 amide bonds. The minimum atomic E-state index is -0.198. The summed E-state index contributed by atoms with van der Waals surface area (Å²) in [7, 11) is 0. The summed E-state index contributed by atoms with van der Waals surface area (Å²) in [4.78, 5) is 8.32. The molecule has 81 heavy (non-hydrogen) atoms. The molecular formula is C77H86BN3. The Morgan fingerprint density at radius 1 is 0.395 bits per heavy atom. The molecule has 4 heteroatoms. The second kappa shape index (κ2) is 18.1. The maximum absolute atomic E-state index is 2.85. The summed E-state index contributed by atoms with van der Waals surface area (Å²) < 4.78 is 0. The van der Waals surface area contributed by atoms with E-state index in [1.54, 1.807) is 0 Å². The van der Waals surface area contributed by atoms with Crippen LogP contribution >= 0.6 is 0 Å². The van der Waals surface area contributed by atoms with Crippen LogP contribution in [-0.4, -0.2) is 12.3 Å². The molecule has 0 saturated heterocycles. The van der Waals surface area contributed by atoms with Crippen LogP contribution in [-0.2, 0) is 32.5 Å². The van der Waals surface area contributed by atoms with Crippen molar-refractivity contribution in [1.29, 1.82) is 0 Å². The Labute approximate surface area is 486 Å². The van der Waals surface area contributed by atoms with E-state index in [4.69, 9.17) is 0 Å². The fraction of sp³-hybridized carbons (Fsp3) is 0.377. The third-order valence-corrected chi connectivity index (χ3v) is 20.9. The lowest BCUT2D eigenvalue weighted by atomic mass is 9.33. The molecule has 0 N–H and O–H groups in total. The van der Waals surface area contributed by atoms with Crippen molar-refractivity contribution in [3.05, 3.63) is 197 Å². The SMILES string of the molecule is Cc1ccccc1-c1ccc2c(c1)C1(C)CCCCC1(C)N2c1cc2c3c(c1)N(c1ccc(C(C)(C)C)cc1-c1ccccc1)c1cc4c(cc1B3c1ccc(C(C)(C)C)cc1N2c1cccc(C(C)(C)C)c1)C(C)(C)CCC4(C)C. The number of benzene rings is 8. The molecule has 0 radical (unpaired) electrons. The number of rotatable bonds is 5. The predicted octanol–water partition coefficient (Wildman–Crippen LogP) is 19.4. The summed E-state index contributed by atoms with van der Waals surface area (Å²) in [6, 6.07) is 62.9. The van der Waals surface area contributed by atoms with Gasteiger partial charge in [0.25, 0.3) is 6.71 Å². The number of anilines is 8. The Morgan fingerprint density at radius 3 is 1.68 bits per heavy atom. The molecule has 2 aliphatic carbocycles. The molecule has 3 heterocycles. The highest BCUT2D eigenvalue weighted by Crippen LogP contribution is 2.63. The largest absolute Gasteiger partial charge is 0.334 e. The first-order chi connectivity index (χ1) is 38.2. The monoisotopic (exact) mass is 1060 g/mol. The van der Waals surface area contributed by atoms with Gasteiger partial charge in [0.1, 0.15) is 0 Å². The molecule has 5 aliphatic rings. The summed E-state index contributed by atoms with van der Waals surface area (Å²) in [6.45, 7) is 38.8. The molecular weight excluding hydrogens is 978 g/mol. The minimum Gasteiger partial charge on any atom is -0.334 e. The van der Waals surface area contributed by atoms with Crippen LogP contribution in [0.4, 0.5) is 45.5 Å². The van der Waals surface area contributed by atoms with Crippen molar-refractivity contribution in [1.82, 2.24) is 0 Å². The maximum Gasteiger partial charge on any atom is 0.252 e. The second-order valence-corrected chi connectivity index (χ2v) is 30.1.